The van der Waals surface area contributed by atoms with Crippen molar-refractivity contribution < 1.29 is 13.7 Å². The summed E-state index contributed by atoms with van der Waals surface area (Å²) in [4.78, 5) is 182. The Morgan fingerprint density at radius 1 is 0.290 bits per heavy atom. The third-order valence-electron chi connectivity index (χ3n) is 25.9. The van der Waals surface area contributed by atoms with Gasteiger partial charge in [-0.3, -0.25) is 75.8 Å². The molecule has 790 valence electrons. The number of unbranched alkanes of at least 4 members (excludes halogenated alkanes) is 12. The summed E-state index contributed by atoms with van der Waals surface area (Å²) >= 11 is 5.53. The molecule has 0 amide bonds. The number of nitrogens with zero attached hydrogens (tertiary/aromatic N) is 31. The van der Waals surface area contributed by atoms with E-state index in [1.54, 1.807) is 24.3 Å². The zero-order chi connectivity index (χ0) is 104. The van der Waals surface area contributed by atoms with Crippen LogP contribution < -0.4 is 87.5 Å². The van der Waals surface area contributed by atoms with Crippen molar-refractivity contribution in [2.24, 2.45) is 42.3 Å². The number of anilines is 3. The molecule has 15 rings (SSSR count). The molecule has 0 atom stereocenters. The molecule has 5 saturated heterocycles. The van der Waals surface area contributed by atoms with E-state index in [1.807, 2.05) is 12.1 Å². The molecule has 0 bridgehead atoms. The monoisotopic (exact) mass is 2040 g/mol. The summed E-state index contributed by atoms with van der Waals surface area (Å²) < 4.78 is 41.0. The summed E-state index contributed by atoms with van der Waals surface area (Å²) in [5.41, 5.74) is -3.04. The van der Waals surface area contributed by atoms with Crippen LogP contribution in [0.1, 0.15) is 121 Å². The molecule has 0 aliphatic carbocycles. The van der Waals surface area contributed by atoms with E-state index in [-0.39, 0.29) is 67.8 Å². The van der Waals surface area contributed by atoms with Gasteiger partial charge < -0.3 is 39.9 Å². The zero-order valence-electron chi connectivity index (χ0n) is 84.3. The number of benzene rings is 1. The van der Waals surface area contributed by atoms with Gasteiger partial charge in [-0.2, -0.15) is 39.4 Å². The number of nitro groups is 1. The molecule has 9 aromatic heterocycles. The summed E-state index contributed by atoms with van der Waals surface area (Å²) in [5, 5.41) is 37.5. The molecule has 145 heavy (non-hydrogen) atoms. The highest BCUT2D eigenvalue weighted by atomic mass is 35.5. The highest BCUT2D eigenvalue weighted by Gasteiger charge is 2.25. The maximum atomic E-state index is 13.2. The summed E-state index contributed by atoms with van der Waals surface area (Å²) in [6, 6.07) is 25.3. The van der Waals surface area contributed by atoms with Crippen molar-refractivity contribution in [2.45, 2.75) is 161 Å². The molecule has 49 heteroatoms. The van der Waals surface area contributed by atoms with E-state index in [0.29, 0.717) is 62.6 Å². The number of nitrogens with one attached hydrogen (secondary N) is 1. The van der Waals surface area contributed by atoms with E-state index in [4.69, 9.17) is 11.6 Å². The Kier molecular flexibility index (Phi) is 47.7. The van der Waals surface area contributed by atoms with E-state index >= 15 is 0 Å². The van der Waals surface area contributed by atoms with Crippen LogP contribution in [-0.2, 0) is 88.1 Å². The highest BCUT2D eigenvalue weighted by Crippen LogP contribution is 2.21. The Morgan fingerprint density at radius 3 is 0.800 bits per heavy atom. The van der Waals surface area contributed by atoms with Gasteiger partial charge in [0.25, 0.3) is 33.4 Å². The molecule has 0 spiro atoms. The first-order valence-electron chi connectivity index (χ1n) is 50.1. The second-order valence-electron chi connectivity index (χ2n) is 36.3. The summed E-state index contributed by atoms with van der Waals surface area (Å²) in [7, 11) is 8.78. The Balaban J connectivity index is 0.000000180. The second-order valence-corrected chi connectivity index (χ2v) is 36.6. The van der Waals surface area contributed by atoms with Crippen LogP contribution >= 0.6 is 11.6 Å². The Hall–Kier alpha value is -13.0. The lowest BCUT2D eigenvalue weighted by atomic mass is 10.2. The zero-order valence-corrected chi connectivity index (χ0v) is 85.1. The van der Waals surface area contributed by atoms with Gasteiger partial charge in [0.05, 0.1) is 0 Å². The van der Waals surface area contributed by atoms with Crippen molar-refractivity contribution in [3.63, 3.8) is 0 Å². The molecular formula is C96H141ClF2N32O14. The number of aryl methyl sites for hydroxylation is 6. The van der Waals surface area contributed by atoms with E-state index < -0.39 is 22.4 Å². The number of halogens is 3. The van der Waals surface area contributed by atoms with Crippen molar-refractivity contribution in [1.82, 2.24) is 136 Å². The lowest BCUT2D eigenvalue weighted by Gasteiger charge is -2.35. The molecule has 14 heterocycles. The van der Waals surface area contributed by atoms with Gasteiger partial charge in [0.15, 0.2) is 0 Å². The molecule has 10 aromatic rings. The fourth-order valence-electron chi connectivity index (χ4n) is 16.8. The van der Waals surface area contributed by atoms with Gasteiger partial charge >= 0.3 is 40.0 Å². The number of alkyl halides is 1. The smallest absolute Gasteiger partial charge is 0.358 e. The minimum absolute atomic E-state index is 0.128. The molecule has 46 nitrogen and oxygen atoms in total. The maximum absolute atomic E-state index is 13.2. The van der Waals surface area contributed by atoms with Gasteiger partial charge in [0.2, 0.25) is 17.7 Å². The van der Waals surface area contributed by atoms with Gasteiger partial charge in [-0.25, -0.2) is 66.8 Å². The van der Waals surface area contributed by atoms with Gasteiger partial charge in [-0.1, -0.05) is 81.0 Å². The van der Waals surface area contributed by atoms with Gasteiger partial charge in [0.1, 0.15) is 48.8 Å². The summed E-state index contributed by atoms with van der Waals surface area (Å²) in [6.07, 6.45) is 24.6. The van der Waals surface area contributed by atoms with E-state index in [0.717, 1.165) is 326 Å². The lowest BCUT2D eigenvalue weighted by Crippen LogP contribution is -2.47. The van der Waals surface area contributed by atoms with Crippen molar-refractivity contribution in [3.05, 3.63) is 275 Å². The lowest BCUT2D eigenvalue weighted by molar-refractivity contribution is -0.389. The predicted molar refractivity (Wildman–Crippen MR) is 549 cm³/mol. The largest absolute Gasteiger partial charge is 0.365 e. The molecule has 5 fully saturated rings. The second kappa shape index (κ2) is 60.7. The molecule has 5 aliphatic rings. The van der Waals surface area contributed by atoms with Gasteiger partial charge in [-0.05, 0) is 156 Å². The Morgan fingerprint density at radius 2 is 0.531 bits per heavy atom. The van der Waals surface area contributed by atoms with Crippen molar-refractivity contribution in [2.75, 3.05) is 184 Å². The third kappa shape index (κ3) is 37.5. The summed E-state index contributed by atoms with van der Waals surface area (Å²) in [6.45, 7) is 28.8. The number of piperazine rings is 5. The molecule has 0 saturated carbocycles. The van der Waals surface area contributed by atoms with Gasteiger partial charge in [-0.15, -0.1) is 11.6 Å². The van der Waals surface area contributed by atoms with E-state index in [1.165, 1.54) is 119 Å². The number of hydrogen-bond acceptors (Lipinski definition) is 33. The molecule has 0 radical (unpaired) electrons. The number of pyridine rings is 3. The van der Waals surface area contributed by atoms with Crippen LogP contribution in [-0.4, -0.2) is 305 Å². The van der Waals surface area contributed by atoms with Crippen molar-refractivity contribution in [3.8, 4) is 0 Å². The molecule has 1 aromatic carbocycles. The normalized spacial score (nSPS) is 15.0. The number of hydrogen-bond donors (Lipinski definition) is 1. The minimum Gasteiger partial charge on any atom is -0.358 e. The predicted octanol–water partition coefficient (Wildman–Crippen LogP) is 1.47. The van der Waals surface area contributed by atoms with Crippen LogP contribution in [0.3, 0.4) is 0 Å². The molecule has 1 N–H and O–H groups in total. The fraction of sp³-hybridized carbons (Fsp3) is 0.594. The highest BCUT2D eigenvalue weighted by molar-refractivity contribution is 6.17. The van der Waals surface area contributed by atoms with E-state index in [2.05, 4.69) is 125 Å². The van der Waals surface area contributed by atoms with Crippen molar-refractivity contribution in [1.29, 1.82) is 0 Å². The van der Waals surface area contributed by atoms with Crippen molar-refractivity contribution >= 4 is 34.9 Å². The average molecular weight is 2040 g/mol. The van der Waals surface area contributed by atoms with Crippen LogP contribution in [0.5, 0.6) is 0 Å². The first-order chi connectivity index (χ1) is 70.0. The first kappa shape index (κ1) is 114. The standard InChI is InChI=1S/C20H29N5O2.2C18H25FN6O2.C18H25N7O4.C13H23N5O2.C9H14ClN3O2/c1-22-19(26)16-21-25(20(22)27)11-7-3-6-10-23-12-14-24(15-13-23)17-18-8-4-2-5-9-18;2*1-22-17(26)14-20-25(18(22)27)9-4-2-3-8-23-10-12-24(13-11-23)16-7-5-6-15(19)21-16;1-21-17(26)14-19-24(18(21)27)9-4-2-3-8-22-10-12-23(13-11-22)15-6-5-7-16(20-15)25(28)29;1-16-12(19)11-15-18(13(16)20)8-4-2-3-7-17-9-5-14-6-10-17;1-12-8(14)7-11-13(9(12)15)6-4-2-3-5-10/h2,4-5,8-9,16H,3,6-7,10-15,17H2,1H3;2*5-7,14H,2-4,8-13H2,1H3;5-7,14H,2-4,8-13H2,1H3;11,14H,2-10H2,1H3;7H,2-6H2,1H3/i;19-1;;;;. The van der Waals surface area contributed by atoms with E-state index in [9.17, 15) is 76.4 Å². The molecular weight excluding hydrogens is 1900 g/mol. The summed E-state index contributed by atoms with van der Waals surface area (Å²) in [5.74, 6) is 1.67. The quantitative estimate of drug-likeness (QED) is 0.0186. The SMILES string of the molecule is Cn1c(=O)cnn(CCCCCCl)c1=O.Cn1c(=O)cnn(CCCCCN2CCN(Cc3ccccc3)CC2)c1=O.Cn1c(=O)cnn(CCCCCN2CCN(c3cccc(F)n3)CC2)c1=O.Cn1c(=O)cnn(CCCCCN2CCN(c3cccc([18F])n3)CC2)c1=O.Cn1c(=O)cnn(CCCCCN2CCN(c3cccc([N+](=O)[O-])n3)CC2)c1=O.Cn1c(=O)cnn(CCCCCN2CCNCC2)c1=O. The van der Waals surface area contributed by atoms with Crippen LogP contribution in [0.25, 0.3) is 0 Å². The topological polar surface area (TPSA) is 464 Å². The fourth-order valence-corrected chi connectivity index (χ4v) is 17.0. The first-order valence-corrected chi connectivity index (χ1v) is 50.6. The van der Waals surface area contributed by atoms with Crippen LogP contribution in [0, 0.1) is 22.0 Å². The molecule has 5 aliphatic heterocycles. The average Bonchev–Trinajstić information content (AvgIpc) is 0.875. The minimum atomic E-state index is -0.474. The Labute approximate surface area is 842 Å². The van der Waals surface area contributed by atoms with Gasteiger partial charge in [0, 0.05) is 237 Å². The number of aromatic nitrogens is 21. The number of rotatable bonds is 41. The van der Waals surface area contributed by atoms with Crippen LogP contribution in [0.2, 0.25) is 0 Å². The molecule has 0 unspecified atom stereocenters. The van der Waals surface area contributed by atoms with Crippen LogP contribution in [0.15, 0.2) is 180 Å². The Bertz CT molecular complexity index is 6300. The third-order valence-corrected chi connectivity index (χ3v) is 26.2. The maximum Gasteiger partial charge on any atom is 0.365 e. The van der Waals surface area contributed by atoms with Crippen LogP contribution in [0.4, 0.5) is 32.1 Å².